The van der Waals surface area contributed by atoms with E-state index in [1.807, 2.05) is 0 Å². The number of nitrogens with one attached hydrogen (secondary N) is 1. The first-order valence-corrected chi connectivity index (χ1v) is 18.5. The smallest absolute Gasteiger partial charge is 0.373 e. The molecule has 6 rings (SSSR count). The SMILES string of the molecule is COc1cc(/C=C/C(=O)OCC2(O)COC(OC3C(Oc4cc5c(cc4O)[N+](=C/C=C4/C=C(C(=O)O)NC(C(=O)O)C4)C(C(=O)O)C5)OC(CO)C(O)C3O)C2O)ccc1O. The number of phenolic OH excluding ortho intramolecular Hbond substituents is 2. The van der Waals surface area contributed by atoms with Gasteiger partial charge in [0.05, 0.1) is 32.8 Å². The molecule has 22 nitrogen and oxygen atoms in total. The van der Waals surface area contributed by atoms with Gasteiger partial charge in [-0.3, -0.25) is 0 Å². The number of benzene rings is 2. The zero-order chi connectivity index (χ0) is 44.3. The summed E-state index contributed by atoms with van der Waals surface area (Å²) < 4.78 is 34.2. The Balaban J connectivity index is 1.18. The first kappa shape index (κ1) is 44.4. The fraction of sp³-hybridized carbons (Fsp3) is 0.410. The normalized spacial score (nSPS) is 31.0. The number of esters is 1. The van der Waals surface area contributed by atoms with Crippen LogP contribution in [0.15, 0.2) is 59.8 Å². The number of rotatable bonds is 14. The van der Waals surface area contributed by atoms with E-state index in [9.17, 15) is 70.2 Å². The largest absolute Gasteiger partial charge is 0.504 e. The highest BCUT2D eigenvalue weighted by molar-refractivity contribution is 5.90. The van der Waals surface area contributed by atoms with Crippen LogP contribution in [0.1, 0.15) is 17.5 Å². The number of aromatic hydroxyl groups is 2. The molecular weight excluding hydrogens is 816 g/mol. The fourth-order valence-corrected chi connectivity index (χ4v) is 6.97. The van der Waals surface area contributed by atoms with Crippen molar-refractivity contribution < 1.29 is 103 Å². The van der Waals surface area contributed by atoms with E-state index in [-0.39, 0.29) is 47.0 Å². The molecule has 4 aliphatic heterocycles. The first-order chi connectivity index (χ1) is 28.9. The van der Waals surface area contributed by atoms with Gasteiger partial charge in [-0.1, -0.05) is 6.07 Å². The molecule has 4 aliphatic rings. The summed E-state index contributed by atoms with van der Waals surface area (Å²) in [6.45, 7) is -2.26. The van der Waals surface area contributed by atoms with Gasteiger partial charge in [0.1, 0.15) is 42.8 Å². The van der Waals surface area contributed by atoms with Crippen LogP contribution in [0.25, 0.3) is 6.08 Å². The Kier molecular flexibility index (Phi) is 13.3. The summed E-state index contributed by atoms with van der Waals surface area (Å²) in [4.78, 5) is 48.0. The molecule has 10 atom stereocenters. The Labute approximate surface area is 344 Å². The fourth-order valence-electron chi connectivity index (χ4n) is 6.97. The number of aliphatic hydroxyl groups excluding tert-OH is 4. The standard InChI is InChI=1S/C39H42N2O20/c1-56-26-10-17(2-4-24(26)43)3-5-29(45)57-15-39(55)16-58-38(33(39)48)61-32-31(47)30(46)28(14-42)60-37(32)59-27-12-19-11-23(36(53)54)41(22(19)13-25(27)44)7-6-18-8-20(34(49)50)40-21(9-18)35(51)52/h2-8,10,12-13,21,23,28,30-33,37-38,42,46-48,55H,9,11,14-16H2,1H3,(H5,43,44,45,49,50,51,52,53,54)/p+1. The second kappa shape index (κ2) is 18.2. The lowest BCUT2D eigenvalue weighted by molar-refractivity contribution is -0.456. The van der Waals surface area contributed by atoms with Crippen molar-refractivity contribution in [3.05, 3.63) is 71.0 Å². The van der Waals surface area contributed by atoms with Crippen LogP contribution in [-0.4, -0.2) is 173 Å². The topological polar surface area (TPSA) is 341 Å². The summed E-state index contributed by atoms with van der Waals surface area (Å²) in [7, 11) is 1.35. The minimum absolute atomic E-state index is 0.119. The van der Waals surface area contributed by atoms with Crippen molar-refractivity contribution in [3.63, 3.8) is 0 Å². The Morgan fingerprint density at radius 2 is 1.72 bits per heavy atom. The van der Waals surface area contributed by atoms with Crippen LogP contribution in [-0.2, 0) is 44.5 Å². The highest BCUT2D eigenvalue weighted by Crippen LogP contribution is 2.41. The summed E-state index contributed by atoms with van der Waals surface area (Å²) in [6, 6.07) is 4.20. The third-order valence-electron chi connectivity index (χ3n) is 10.3. The Morgan fingerprint density at radius 3 is 2.39 bits per heavy atom. The summed E-state index contributed by atoms with van der Waals surface area (Å²) >= 11 is 0. The van der Waals surface area contributed by atoms with Gasteiger partial charge in [-0.15, -0.1) is 0 Å². The number of aliphatic hydroxyl groups is 5. The molecular formula is C39H43N2O20+. The molecule has 0 aliphatic carbocycles. The molecule has 4 heterocycles. The highest BCUT2D eigenvalue weighted by Gasteiger charge is 2.54. The molecule has 61 heavy (non-hydrogen) atoms. The van der Waals surface area contributed by atoms with Gasteiger partial charge in [-0.05, 0) is 41.5 Å². The first-order valence-electron chi connectivity index (χ1n) is 18.5. The number of aliphatic carboxylic acids is 3. The Hall–Kier alpha value is -6.11. The van der Waals surface area contributed by atoms with Gasteiger partial charge in [0.15, 0.2) is 47.2 Å². The van der Waals surface area contributed by atoms with Crippen molar-refractivity contribution in [3.8, 4) is 23.0 Å². The van der Waals surface area contributed by atoms with Gasteiger partial charge < -0.3 is 84.8 Å². The van der Waals surface area contributed by atoms with Gasteiger partial charge in [0.2, 0.25) is 12.0 Å². The monoisotopic (exact) mass is 859 g/mol. The molecule has 10 unspecified atom stereocenters. The van der Waals surface area contributed by atoms with E-state index in [0.29, 0.717) is 11.1 Å². The van der Waals surface area contributed by atoms with E-state index in [1.54, 1.807) is 0 Å². The van der Waals surface area contributed by atoms with Crippen molar-refractivity contribution in [2.24, 2.45) is 0 Å². The van der Waals surface area contributed by atoms with Crippen LogP contribution >= 0.6 is 0 Å². The molecule has 0 spiro atoms. The number of carbonyl (C=O) groups is 4. The third-order valence-corrected chi connectivity index (χ3v) is 10.3. The van der Waals surface area contributed by atoms with Crippen LogP contribution in [0.3, 0.4) is 0 Å². The number of nitrogens with zero attached hydrogens (tertiary/aromatic N) is 1. The number of phenols is 2. The highest BCUT2D eigenvalue weighted by atomic mass is 16.8. The maximum absolute atomic E-state index is 12.5. The number of carbonyl (C=O) groups excluding carboxylic acids is 1. The maximum Gasteiger partial charge on any atom is 0.373 e. The minimum Gasteiger partial charge on any atom is -0.504 e. The van der Waals surface area contributed by atoms with Gasteiger partial charge in [-0.25, -0.2) is 19.2 Å². The number of hydrogen-bond donors (Lipinski definition) is 11. The van der Waals surface area contributed by atoms with Crippen molar-refractivity contribution in [1.29, 1.82) is 0 Å². The van der Waals surface area contributed by atoms with Crippen LogP contribution < -0.4 is 14.8 Å². The third kappa shape index (κ3) is 9.61. The summed E-state index contributed by atoms with van der Waals surface area (Å²) in [6.07, 6.45) is -6.43. The second-order valence-electron chi connectivity index (χ2n) is 14.4. The van der Waals surface area contributed by atoms with E-state index >= 15 is 0 Å². The van der Waals surface area contributed by atoms with Gasteiger partial charge in [0, 0.05) is 24.1 Å². The van der Waals surface area contributed by atoms with Crippen molar-refractivity contribution >= 4 is 41.9 Å². The number of ether oxygens (including phenoxy) is 6. The van der Waals surface area contributed by atoms with Crippen LogP contribution in [0, 0.1) is 0 Å². The molecule has 328 valence electrons. The number of hydrogen-bond acceptors (Lipinski definition) is 18. The van der Waals surface area contributed by atoms with E-state index in [1.165, 1.54) is 60.4 Å². The molecule has 0 bridgehead atoms. The maximum atomic E-state index is 12.5. The van der Waals surface area contributed by atoms with E-state index in [4.69, 9.17) is 28.4 Å². The molecule has 22 heteroatoms. The lowest BCUT2D eigenvalue weighted by atomic mass is 9.98. The zero-order valence-electron chi connectivity index (χ0n) is 32.0. The van der Waals surface area contributed by atoms with Crippen molar-refractivity contribution in [1.82, 2.24) is 5.32 Å². The Morgan fingerprint density at radius 1 is 0.967 bits per heavy atom. The van der Waals surface area contributed by atoms with E-state index < -0.39 is 110 Å². The molecule has 0 saturated carbocycles. The average Bonchev–Trinajstić information content (AvgIpc) is 3.73. The lowest BCUT2D eigenvalue weighted by Gasteiger charge is -2.42. The van der Waals surface area contributed by atoms with Gasteiger partial charge in [-0.2, -0.15) is 4.58 Å². The Bertz CT molecular complexity index is 2170. The van der Waals surface area contributed by atoms with Crippen molar-refractivity contribution in [2.75, 3.05) is 26.9 Å². The molecule has 2 aromatic rings. The van der Waals surface area contributed by atoms with Crippen LogP contribution in [0.5, 0.6) is 23.0 Å². The number of fused-ring (bicyclic) bond motifs is 1. The number of allylic oxidation sites excluding steroid dienone is 2. The van der Waals surface area contributed by atoms with Crippen LogP contribution in [0.4, 0.5) is 5.69 Å². The molecule has 11 N–H and O–H groups in total. The summed E-state index contributed by atoms with van der Waals surface area (Å²) in [5, 5.41) is 106. The molecule has 0 amide bonds. The predicted molar refractivity (Wildman–Crippen MR) is 201 cm³/mol. The molecule has 2 aromatic carbocycles. The second-order valence-corrected chi connectivity index (χ2v) is 14.4. The van der Waals surface area contributed by atoms with Crippen LogP contribution in [0.2, 0.25) is 0 Å². The molecule has 0 aromatic heterocycles. The predicted octanol–water partition coefficient (Wildman–Crippen LogP) is -1.92. The quantitative estimate of drug-likeness (QED) is 0.0560. The zero-order valence-corrected chi connectivity index (χ0v) is 32.0. The van der Waals surface area contributed by atoms with E-state index in [2.05, 4.69) is 5.32 Å². The summed E-state index contributed by atoms with van der Waals surface area (Å²) in [5.74, 6) is -5.82. The summed E-state index contributed by atoms with van der Waals surface area (Å²) in [5.41, 5.74) is -1.41. The molecule has 0 radical (unpaired) electrons. The number of carboxylic acid groups (broad SMARTS) is 3. The number of carboxylic acids is 3. The minimum atomic E-state index is -2.24. The molecule has 2 fully saturated rings. The lowest BCUT2D eigenvalue weighted by Crippen LogP contribution is -2.62. The van der Waals surface area contributed by atoms with Crippen molar-refractivity contribution in [2.45, 2.75) is 73.6 Å². The number of methoxy groups -OCH3 is 1. The average molecular weight is 860 g/mol. The molecule has 2 saturated heterocycles. The van der Waals surface area contributed by atoms with Gasteiger partial charge in [0.25, 0.3) is 6.04 Å². The van der Waals surface area contributed by atoms with Gasteiger partial charge >= 0.3 is 23.9 Å². The van der Waals surface area contributed by atoms with E-state index in [0.717, 1.165) is 12.1 Å².